The molecule has 0 bridgehead atoms. The first kappa shape index (κ1) is 18.0. The van der Waals surface area contributed by atoms with Crippen molar-refractivity contribution in [1.29, 1.82) is 0 Å². The zero-order valence-electron chi connectivity index (χ0n) is 13.9. The molecule has 1 amide bonds. The van der Waals surface area contributed by atoms with Gasteiger partial charge in [-0.3, -0.25) is 4.68 Å². The highest BCUT2D eigenvalue weighted by atomic mass is 16.6. The van der Waals surface area contributed by atoms with Crippen molar-refractivity contribution in [1.82, 2.24) is 20.3 Å². The van der Waals surface area contributed by atoms with Gasteiger partial charge in [-0.25, -0.2) is 4.79 Å². The quantitative estimate of drug-likeness (QED) is 0.673. The summed E-state index contributed by atoms with van der Waals surface area (Å²) >= 11 is 0. The SMILES string of the molecule is CC(C)(C)OC(=O)NCCn1cc(-c2cccc(B(O)O)c2)nn1. The van der Waals surface area contributed by atoms with Crippen LogP contribution in [0.1, 0.15) is 20.8 Å². The Morgan fingerprint density at radius 1 is 1.38 bits per heavy atom. The van der Waals surface area contributed by atoms with E-state index in [2.05, 4.69) is 15.6 Å². The predicted molar refractivity (Wildman–Crippen MR) is 89.5 cm³/mol. The Balaban J connectivity index is 1.92. The number of aromatic nitrogens is 3. The van der Waals surface area contributed by atoms with E-state index < -0.39 is 18.8 Å². The average Bonchev–Trinajstić information content (AvgIpc) is 2.94. The minimum Gasteiger partial charge on any atom is -0.444 e. The van der Waals surface area contributed by atoms with Crippen molar-refractivity contribution in [2.24, 2.45) is 0 Å². The third kappa shape index (κ3) is 5.36. The highest BCUT2D eigenvalue weighted by Gasteiger charge is 2.16. The lowest BCUT2D eigenvalue weighted by atomic mass is 9.79. The summed E-state index contributed by atoms with van der Waals surface area (Å²) in [5.74, 6) is 0. The van der Waals surface area contributed by atoms with Crippen molar-refractivity contribution in [3.05, 3.63) is 30.5 Å². The molecular formula is C15H21BN4O4. The van der Waals surface area contributed by atoms with E-state index >= 15 is 0 Å². The molecule has 2 aromatic rings. The summed E-state index contributed by atoms with van der Waals surface area (Å²) in [6, 6.07) is 6.77. The molecule has 9 heteroatoms. The van der Waals surface area contributed by atoms with Crippen molar-refractivity contribution in [2.45, 2.75) is 32.9 Å². The highest BCUT2D eigenvalue weighted by molar-refractivity contribution is 6.58. The maximum atomic E-state index is 11.6. The largest absolute Gasteiger partial charge is 0.488 e. The lowest BCUT2D eigenvalue weighted by Gasteiger charge is -2.19. The summed E-state index contributed by atoms with van der Waals surface area (Å²) in [6.45, 7) is 6.19. The molecule has 1 aromatic carbocycles. The zero-order valence-corrected chi connectivity index (χ0v) is 13.9. The third-order valence-corrected chi connectivity index (χ3v) is 3.03. The van der Waals surface area contributed by atoms with Gasteiger partial charge in [-0.15, -0.1) is 5.10 Å². The molecule has 3 N–H and O–H groups in total. The van der Waals surface area contributed by atoms with Gasteiger partial charge in [-0.2, -0.15) is 0 Å². The standard InChI is InChI=1S/C15H21BN4O4/c1-15(2,3)24-14(21)17-7-8-20-10-13(18-19-20)11-5-4-6-12(9-11)16(22)23/h4-6,9-10,22-23H,7-8H2,1-3H3,(H,17,21). The van der Waals surface area contributed by atoms with Gasteiger partial charge in [0.25, 0.3) is 0 Å². The topological polar surface area (TPSA) is 110 Å². The number of carbonyl (C=O) groups is 1. The van der Waals surface area contributed by atoms with Gasteiger partial charge in [0.1, 0.15) is 11.3 Å². The predicted octanol–water partition coefficient (Wildman–Crippen LogP) is 0.150. The van der Waals surface area contributed by atoms with Gasteiger partial charge < -0.3 is 20.1 Å². The molecule has 0 spiro atoms. The van der Waals surface area contributed by atoms with E-state index in [1.165, 1.54) is 0 Å². The summed E-state index contributed by atoms with van der Waals surface area (Å²) < 4.78 is 6.74. The van der Waals surface area contributed by atoms with Gasteiger partial charge in [0.05, 0.1) is 12.7 Å². The smallest absolute Gasteiger partial charge is 0.444 e. The molecule has 0 fully saturated rings. The summed E-state index contributed by atoms with van der Waals surface area (Å²) in [7, 11) is -1.53. The Kier molecular flexibility index (Phi) is 5.58. The Morgan fingerprint density at radius 3 is 2.79 bits per heavy atom. The molecule has 1 heterocycles. The molecule has 24 heavy (non-hydrogen) atoms. The second kappa shape index (κ2) is 7.46. The molecule has 128 valence electrons. The molecule has 8 nitrogen and oxygen atoms in total. The van der Waals surface area contributed by atoms with E-state index in [9.17, 15) is 14.8 Å². The lowest BCUT2D eigenvalue weighted by molar-refractivity contribution is 0.0525. The number of nitrogens with zero attached hydrogens (tertiary/aromatic N) is 3. The number of rotatable bonds is 5. The van der Waals surface area contributed by atoms with Crippen LogP contribution in [0.2, 0.25) is 0 Å². The van der Waals surface area contributed by atoms with Crippen molar-refractivity contribution in [3.63, 3.8) is 0 Å². The van der Waals surface area contributed by atoms with Gasteiger partial charge in [0.15, 0.2) is 0 Å². The average molecular weight is 332 g/mol. The van der Waals surface area contributed by atoms with Crippen molar-refractivity contribution >= 4 is 18.7 Å². The van der Waals surface area contributed by atoms with Crippen LogP contribution >= 0.6 is 0 Å². The molecule has 0 saturated carbocycles. The minimum atomic E-state index is -1.53. The van der Waals surface area contributed by atoms with Crippen LogP contribution in [0.4, 0.5) is 4.79 Å². The van der Waals surface area contributed by atoms with Crippen molar-refractivity contribution in [2.75, 3.05) is 6.54 Å². The number of alkyl carbamates (subject to hydrolysis) is 1. The van der Waals surface area contributed by atoms with Gasteiger partial charge in [0, 0.05) is 12.1 Å². The lowest BCUT2D eigenvalue weighted by Crippen LogP contribution is -2.34. The maximum absolute atomic E-state index is 11.6. The van der Waals surface area contributed by atoms with E-state index in [-0.39, 0.29) is 0 Å². The molecule has 0 unspecified atom stereocenters. The van der Waals surface area contributed by atoms with E-state index in [1.54, 1.807) is 55.9 Å². The Hall–Kier alpha value is -2.39. The third-order valence-electron chi connectivity index (χ3n) is 3.03. The molecule has 1 aromatic heterocycles. The number of carbonyl (C=O) groups excluding carboxylic acids is 1. The molecule has 0 atom stereocenters. The summed E-state index contributed by atoms with van der Waals surface area (Å²) in [5.41, 5.74) is 1.18. The van der Waals surface area contributed by atoms with Crippen LogP contribution in [-0.2, 0) is 11.3 Å². The van der Waals surface area contributed by atoms with Crippen LogP contribution in [0.15, 0.2) is 30.5 Å². The molecule has 0 saturated heterocycles. The number of hydrogen-bond acceptors (Lipinski definition) is 6. The molecule has 0 radical (unpaired) electrons. The number of benzene rings is 1. The molecule has 0 aliphatic rings. The Labute approximate surface area is 140 Å². The van der Waals surface area contributed by atoms with Gasteiger partial charge in [0.2, 0.25) is 0 Å². The first-order chi connectivity index (χ1) is 11.2. The number of hydrogen-bond donors (Lipinski definition) is 3. The van der Waals surface area contributed by atoms with Gasteiger partial charge in [-0.05, 0) is 26.2 Å². The number of nitrogens with one attached hydrogen (secondary N) is 1. The van der Waals surface area contributed by atoms with Crippen LogP contribution < -0.4 is 10.8 Å². The normalized spacial score (nSPS) is 11.2. The second-order valence-corrected chi connectivity index (χ2v) is 6.29. The van der Waals surface area contributed by atoms with E-state index in [4.69, 9.17) is 4.74 Å². The van der Waals surface area contributed by atoms with Crippen LogP contribution in [0.25, 0.3) is 11.3 Å². The van der Waals surface area contributed by atoms with Crippen molar-refractivity contribution < 1.29 is 19.6 Å². The van der Waals surface area contributed by atoms with Crippen LogP contribution in [0.5, 0.6) is 0 Å². The fourth-order valence-corrected chi connectivity index (χ4v) is 1.99. The van der Waals surface area contributed by atoms with Crippen LogP contribution in [0, 0.1) is 0 Å². The molecule has 2 rings (SSSR count). The van der Waals surface area contributed by atoms with Crippen molar-refractivity contribution in [3.8, 4) is 11.3 Å². The van der Waals surface area contributed by atoms with Crippen LogP contribution in [0.3, 0.4) is 0 Å². The fraction of sp³-hybridized carbons (Fsp3) is 0.400. The van der Waals surface area contributed by atoms with Crippen LogP contribution in [-0.4, -0.2) is 50.4 Å². The van der Waals surface area contributed by atoms with E-state index in [0.717, 1.165) is 5.56 Å². The van der Waals surface area contributed by atoms with Gasteiger partial charge >= 0.3 is 13.2 Å². The van der Waals surface area contributed by atoms with E-state index in [1.807, 2.05) is 0 Å². The fourth-order valence-electron chi connectivity index (χ4n) is 1.99. The molecule has 0 aliphatic heterocycles. The summed E-state index contributed by atoms with van der Waals surface area (Å²) in [5, 5.41) is 29.1. The summed E-state index contributed by atoms with van der Waals surface area (Å²) in [6.07, 6.45) is 1.24. The number of amides is 1. The first-order valence-electron chi connectivity index (χ1n) is 7.58. The summed E-state index contributed by atoms with van der Waals surface area (Å²) in [4.78, 5) is 11.6. The Morgan fingerprint density at radius 2 is 2.12 bits per heavy atom. The molecule has 0 aliphatic carbocycles. The highest BCUT2D eigenvalue weighted by Crippen LogP contribution is 2.14. The second-order valence-electron chi connectivity index (χ2n) is 6.29. The maximum Gasteiger partial charge on any atom is 0.488 e. The monoisotopic (exact) mass is 332 g/mol. The Bertz CT molecular complexity index is 697. The first-order valence-corrected chi connectivity index (χ1v) is 7.58. The van der Waals surface area contributed by atoms with E-state index in [0.29, 0.717) is 24.2 Å². The number of ether oxygens (including phenoxy) is 1. The molecular weight excluding hydrogens is 311 g/mol. The minimum absolute atomic E-state index is 0.354. The zero-order chi connectivity index (χ0) is 17.7. The van der Waals surface area contributed by atoms with Gasteiger partial charge in [-0.1, -0.05) is 29.5 Å².